The Morgan fingerprint density at radius 2 is 1.85 bits per heavy atom. The van der Waals surface area contributed by atoms with Crippen molar-refractivity contribution >= 4 is 6.03 Å². The lowest BCUT2D eigenvalue weighted by atomic mass is 9.92. The van der Waals surface area contributed by atoms with E-state index in [1.807, 2.05) is 17.0 Å². The molecule has 2 N–H and O–H groups in total. The van der Waals surface area contributed by atoms with Crippen molar-refractivity contribution in [1.29, 1.82) is 0 Å². The first-order chi connectivity index (χ1) is 12.9. The Balaban J connectivity index is 1.39. The van der Waals surface area contributed by atoms with Crippen LogP contribution < -0.4 is 5.32 Å². The second-order valence-electron chi connectivity index (χ2n) is 8.25. The molecular weight excluding hydrogens is 338 g/mol. The lowest BCUT2D eigenvalue weighted by Crippen LogP contribution is -2.51. The number of carbonyl (C=O) groups is 1. The maximum absolute atomic E-state index is 12.4. The minimum atomic E-state index is 0.00428. The maximum Gasteiger partial charge on any atom is 0.317 e. The molecular formula is C21H31N5O. The molecule has 27 heavy (non-hydrogen) atoms. The molecule has 0 radical (unpaired) electrons. The smallest absolute Gasteiger partial charge is 0.317 e. The largest absolute Gasteiger partial charge is 0.332 e. The molecule has 6 nitrogen and oxygen atoms in total. The van der Waals surface area contributed by atoms with E-state index in [1.165, 1.54) is 5.56 Å². The molecule has 1 aliphatic rings. The number of benzene rings is 1. The molecule has 0 saturated carbocycles. The molecule has 2 amide bonds. The van der Waals surface area contributed by atoms with E-state index >= 15 is 0 Å². The maximum atomic E-state index is 12.4. The van der Waals surface area contributed by atoms with E-state index in [4.69, 9.17) is 0 Å². The molecule has 1 fully saturated rings. The highest BCUT2D eigenvalue weighted by molar-refractivity contribution is 5.74. The molecule has 2 aromatic rings. The van der Waals surface area contributed by atoms with E-state index in [-0.39, 0.29) is 11.4 Å². The molecule has 3 rings (SSSR count). The number of carbonyl (C=O) groups excluding carboxylic acids is 1. The Labute approximate surface area is 161 Å². The predicted molar refractivity (Wildman–Crippen MR) is 108 cm³/mol. The molecule has 146 valence electrons. The van der Waals surface area contributed by atoms with Gasteiger partial charge in [-0.15, -0.1) is 0 Å². The second-order valence-corrected chi connectivity index (χ2v) is 8.25. The zero-order valence-electron chi connectivity index (χ0n) is 16.7. The summed E-state index contributed by atoms with van der Waals surface area (Å²) < 4.78 is 0. The van der Waals surface area contributed by atoms with Gasteiger partial charge in [-0.2, -0.15) is 5.10 Å². The number of hydrogen-bond acceptors (Lipinski definition) is 3. The first-order valence-corrected chi connectivity index (χ1v) is 9.75. The zero-order chi connectivity index (χ0) is 19.3. The summed E-state index contributed by atoms with van der Waals surface area (Å²) in [5.74, 6) is 0. The molecule has 1 aromatic carbocycles. The Kier molecular flexibility index (Phi) is 6.16. The van der Waals surface area contributed by atoms with E-state index < -0.39 is 0 Å². The fourth-order valence-corrected chi connectivity index (χ4v) is 3.23. The van der Waals surface area contributed by atoms with Gasteiger partial charge in [0.2, 0.25) is 0 Å². The third kappa shape index (κ3) is 5.57. The minimum absolute atomic E-state index is 0.00428. The SMILES string of the molecule is CC(C)(C)c1cc(CNC(=O)N2CCN(CCc3ccccc3)CC2)[nH]n1. The normalized spacial score (nSPS) is 15.7. The number of H-pyrrole nitrogens is 1. The van der Waals surface area contributed by atoms with Gasteiger partial charge in [-0.25, -0.2) is 4.79 Å². The number of aromatic amines is 1. The Bertz CT molecular complexity index is 727. The van der Waals surface area contributed by atoms with Crippen LogP contribution in [-0.4, -0.2) is 58.8 Å². The van der Waals surface area contributed by atoms with Crippen LogP contribution in [0.15, 0.2) is 36.4 Å². The highest BCUT2D eigenvalue weighted by Crippen LogP contribution is 2.20. The van der Waals surface area contributed by atoms with Crippen LogP contribution in [0.4, 0.5) is 4.79 Å². The van der Waals surface area contributed by atoms with Gasteiger partial charge in [0.25, 0.3) is 0 Å². The number of nitrogens with one attached hydrogen (secondary N) is 2. The van der Waals surface area contributed by atoms with Crippen LogP contribution in [0, 0.1) is 0 Å². The van der Waals surface area contributed by atoms with Crippen molar-refractivity contribution in [2.24, 2.45) is 0 Å². The average molecular weight is 370 g/mol. The van der Waals surface area contributed by atoms with Crippen molar-refractivity contribution in [3.8, 4) is 0 Å². The van der Waals surface area contributed by atoms with Gasteiger partial charge in [-0.1, -0.05) is 51.1 Å². The number of rotatable bonds is 5. The minimum Gasteiger partial charge on any atom is -0.332 e. The molecule has 1 aromatic heterocycles. The first-order valence-electron chi connectivity index (χ1n) is 9.75. The van der Waals surface area contributed by atoms with Crippen LogP contribution in [0.25, 0.3) is 0 Å². The molecule has 1 aliphatic heterocycles. The molecule has 6 heteroatoms. The molecule has 0 unspecified atom stereocenters. The number of aromatic nitrogens is 2. The van der Waals surface area contributed by atoms with Gasteiger partial charge in [-0.3, -0.25) is 10.00 Å². The highest BCUT2D eigenvalue weighted by atomic mass is 16.2. The highest BCUT2D eigenvalue weighted by Gasteiger charge is 2.21. The Hall–Kier alpha value is -2.34. The average Bonchev–Trinajstić information content (AvgIpc) is 3.15. The van der Waals surface area contributed by atoms with E-state index in [1.54, 1.807) is 0 Å². The molecule has 0 atom stereocenters. The quantitative estimate of drug-likeness (QED) is 0.852. The Morgan fingerprint density at radius 1 is 1.15 bits per heavy atom. The van der Waals surface area contributed by atoms with Crippen molar-refractivity contribution in [2.45, 2.75) is 39.2 Å². The summed E-state index contributed by atoms with van der Waals surface area (Å²) >= 11 is 0. The fourth-order valence-electron chi connectivity index (χ4n) is 3.23. The van der Waals surface area contributed by atoms with Gasteiger partial charge in [0, 0.05) is 38.1 Å². The van der Waals surface area contributed by atoms with Crippen LogP contribution in [0.2, 0.25) is 0 Å². The molecule has 0 spiro atoms. The first kappa shape index (κ1) is 19.4. The van der Waals surface area contributed by atoms with Gasteiger partial charge in [0.1, 0.15) is 0 Å². The standard InChI is InChI=1S/C21H31N5O/c1-21(2,3)19-15-18(23-24-19)16-22-20(27)26-13-11-25(12-14-26)10-9-17-7-5-4-6-8-17/h4-8,15H,9-14,16H2,1-3H3,(H,22,27)(H,23,24). The van der Waals surface area contributed by atoms with Crippen molar-refractivity contribution in [1.82, 2.24) is 25.3 Å². The van der Waals surface area contributed by atoms with E-state index in [0.29, 0.717) is 6.54 Å². The van der Waals surface area contributed by atoms with Crippen LogP contribution in [0.3, 0.4) is 0 Å². The number of urea groups is 1. The number of amides is 2. The van der Waals surface area contributed by atoms with E-state index in [9.17, 15) is 4.79 Å². The van der Waals surface area contributed by atoms with Crippen molar-refractivity contribution in [3.05, 3.63) is 53.3 Å². The fraction of sp³-hybridized carbons (Fsp3) is 0.524. The van der Waals surface area contributed by atoms with Crippen LogP contribution in [-0.2, 0) is 18.4 Å². The van der Waals surface area contributed by atoms with Gasteiger partial charge in [0.05, 0.1) is 17.9 Å². The summed E-state index contributed by atoms with van der Waals surface area (Å²) in [6.07, 6.45) is 1.06. The molecule has 2 heterocycles. The van der Waals surface area contributed by atoms with Crippen LogP contribution in [0.5, 0.6) is 0 Å². The summed E-state index contributed by atoms with van der Waals surface area (Å²) in [7, 11) is 0. The number of piperazine rings is 1. The van der Waals surface area contributed by atoms with Crippen LogP contribution in [0.1, 0.15) is 37.7 Å². The van der Waals surface area contributed by atoms with Gasteiger partial charge in [0.15, 0.2) is 0 Å². The third-order valence-corrected chi connectivity index (χ3v) is 5.05. The molecule has 0 bridgehead atoms. The van der Waals surface area contributed by atoms with Crippen LogP contribution >= 0.6 is 0 Å². The summed E-state index contributed by atoms with van der Waals surface area (Å²) in [5.41, 5.74) is 3.33. The summed E-state index contributed by atoms with van der Waals surface area (Å²) in [5, 5.41) is 10.4. The third-order valence-electron chi connectivity index (χ3n) is 5.05. The van der Waals surface area contributed by atoms with E-state index in [2.05, 4.69) is 65.5 Å². The van der Waals surface area contributed by atoms with E-state index in [0.717, 1.165) is 50.5 Å². The topological polar surface area (TPSA) is 64.3 Å². The number of nitrogens with zero attached hydrogens (tertiary/aromatic N) is 3. The predicted octanol–water partition coefficient (Wildman–Crippen LogP) is 2.78. The summed E-state index contributed by atoms with van der Waals surface area (Å²) in [6, 6.07) is 12.6. The monoisotopic (exact) mass is 369 g/mol. The molecule has 1 saturated heterocycles. The lowest BCUT2D eigenvalue weighted by Gasteiger charge is -2.34. The molecule has 0 aliphatic carbocycles. The lowest BCUT2D eigenvalue weighted by molar-refractivity contribution is 0.140. The Morgan fingerprint density at radius 3 is 2.48 bits per heavy atom. The van der Waals surface area contributed by atoms with Crippen molar-refractivity contribution in [3.63, 3.8) is 0 Å². The van der Waals surface area contributed by atoms with Gasteiger partial charge in [-0.05, 0) is 18.1 Å². The second kappa shape index (κ2) is 8.57. The summed E-state index contributed by atoms with van der Waals surface area (Å²) in [6.45, 7) is 11.3. The number of hydrogen-bond donors (Lipinski definition) is 2. The van der Waals surface area contributed by atoms with Gasteiger partial charge < -0.3 is 10.2 Å². The van der Waals surface area contributed by atoms with Crippen molar-refractivity contribution < 1.29 is 4.79 Å². The van der Waals surface area contributed by atoms with Crippen molar-refractivity contribution in [2.75, 3.05) is 32.7 Å². The zero-order valence-corrected chi connectivity index (χ0v) is 16.7. The van der Waals surface area contributed by atoms with Gasteiger partial charge >= 0.3 is 6.03 Å². The summed E-state index contributed by atoms with van der Waals surface area (Å²) in [4.78, 5) is 16.8.